The van der Waals surface area contributed by atoms with Gasteiger partial charge in [0.15, 0.2) is 11.5 Å². The molecule has 1 aromatic carbocycles. The molecular weight excluding hydrogens is 364 g/mol. The van der Waals surface area contributed by atoms with E-state index < -0.39 is 12.1 Å². The molecule has 0 bridgehead atoms. The molecule has 8 nitrogen and oxygen atoms in total. The highest BCUT2D eigenvalue weighted by Crippen LogP contribution is 2.35. The minimum absolute atomic E-state index is 0.0817. The molecule has 1 aliphatic heterocycles. The molecule has 1 aromatic heterocycles. The Labute approximate surface area is 162 Å². The molecule has 0 unspecified atom stereocenters. The Hall–Kier alpha value is -2.84. The first-order valence-corrected chi connectivity index (χ1v) is 8.98. The topological polar surface area (TPSA) is 90.2 Å². The number of amides is 1. The molecule has 1 N–H and O–H groups in total. The maximum atomic E-state index is 13.0. The van der Waals surface area contributed by atoms with Gasteiger partial charge in [-0.15, -0.1) is 0 Å². The van der Waals surface area contributed by atoms with Crippen molar-refractivity contribution in [3.63, 3.8) is 0 Å². The van der Waals surface area contributed by atoms with Crippen molar-refractivity contribution in [2.75, 3.05) is 34.0 Å². The van der Waals surface area contributed by atoms with Crippen molar-refractivity contribution >= 4 is 5.91 Å². The Bertz CT molecular complexity index is 881. The van der Waals surface area contributed by atoms with Gasteiger partial charge in [0.2, 0.25) is 5.91 Å². The van der Waals surface area contributed by atoms with Crippen LogP contribution in [0, 0.1) is 0 Å². The lowest BCUT2D eigenvalue weighted by atomic mass is 9.97. The lowest BCUT2D eigenvalue weighted by molar-refractivity contribution is -0.150. The zero-order valence-corrected chi connectivity index (χ0v) is 15.9. The van der Waals surface area contributed by atoms with Crippen LogP contribution in [0.4, 0.5) is 0 Å². The average molecular weight is 388 g/mol. The second-order valence-corrected chi connectivity index (χ2v) is 6.40. The standard InChI is InChI=1S/C20H24N2O6/c1-26-15-7-6-14(11-16(15)27-2)20-17(13-23)28-10-9-22(20)19(25)12-21-8-4-3-5-18(21)24/h3-8,11,17,20,23H,9-10,12-13H2,1-2H3/t17-,20-/m0/s1. The van der Waals surface area contributed by atoms with Crippen molar-refractivity contribution in [3.05, 3.63) is 58.5 Å². The molecule has 1 amide bonds. The van der Waals surface area contributed by atoms with Gasteiger partial charge < -0.3 is 28.8 Å². The van der Waals surface area contributed by atoms with Crippen LogP contribution in [-0.4, -0.2) is 60.6 Å². The molecule has 28 heavy (non-hydrogen) atoms. The maximum absolute atomic E-state index is 13.0. The van der Waals surface area contributed by atoms with Crippen LogP contribution in [-0.2, 0) is 16.1 Å². The first kappa shape index (κ1) is 19.9. The van der Waals surface area contributed by atoms with Crippen LogP contribution in [0.3, 0.4) is 0 Å². The number of pyridine rings is 1. The molecule has 2 aromatic rings. The van der Waals surface area contributed by atoms with Crippen LogP contribution in [0.15, 0.2) is 47.4 Å². The number of rotatable bonds is 6. The Morgan fingerprint density at radius 2 is 2.00 bits per heavy atom. The number of aromatic nitrogens is 1. The molecule has 0 saturated carbocycles. The maximum Gasteiger partial charge on any atom is 0.250 e. The number of nitrogens with zero attached hydrogens (tertiary/aromatic N) is 2. The highest BCUT2D eigenvalue weighted by Gasteiger charge is 2.36. The second kappa shape index (κ2) is 8.90. The quantitative estimate of drug-likeness (QED) is 0.788. The molecule has 1 aliphatic rings. The van der Waals surface area contributed by atoms with Gasteiger partial charge in [-0.25, -0.2) is 0 Å². The van der Waals surface area contributed by atoms with Crippen LogP contribution in [0.1, 0.15) is 11.6 Å². The van der Waals surface area contributed by atoms with Gasteiger partial charge in [-0.3, -0.25) is 9.59 Å². The zero-order chi connectivity index (χ0) is 20.1. The molecular formula is C20H24N2O6. The van der Waals surface area contributed by atoms with E-state index in [2.05, 4.69) is 0 Å². The van der Waals surface area contributed by atoms with Crippen molar-refractivity contribution < 1.29 is 24.1 Å². The third kappa shape index (κ3) is 4.02. The fourth-order valence-electron chi connectivity index (χ4n) is 3.42. The van der Waals surface area contributed by atoms with E-state index in [4.69, 9.17) is 14.2 Å². The third-order valence-corrected chi connectivity index (χ3v) is 4.81. The highest BCUT2D eigenvalue weighted by atomic mass is 16.5. The van der Waals surface area contributed by atoms with E-state index in [1.165, 1.54) is 17.7 Å². The third-order valence-electron chi connectivity index (χ3n) is 4.81. The predicted octanol–water partition coefficient (Wildman–Crippen LogP) is 0.826. The summed E-state index contributed by atoms with van der Waals surface area (Å²) >= 11 is 0. The van der Waals surface area contributed by atoms with Crippen LogP contribution in [0.5, 0.6) is 11.5 Å². The Morgan fingerprint density at radius 3 is 2.68 bits per heavy atom. The van der Waals surface area contributed by atoms with E-state index >= 15 is 0 Å². The van der Waals surface area contributed by atoms with Gasteiger partial charge in [-0.2, -0.15) is 0 Å². The summed E-state index contributed by atoms with van der Waals surface area (Å²) in [6, 6.07) is 9.58. The molecule has 2 heterocycles. The van der Waals surface area contributed by atoms with Crippen LogP contribution >= 0.6 is 0 Å². The monoisotopic (exact) mass is 388 g/mol. The second-order valence-electron chi connectivity index (χ2n) is 6.40. The minimum Gasteiger partial charge on any atom is -0.493 e. The lowest BCUT2D eigenvalue weighted by Crippen LogP contribution is -2.50. The van der Waals surface area contributed by atoms with E-state index in [9.17, 15) is 14.7 Å². The molecule has 1 fully saturated rings. The van der Waals surface area contributed by atoms with Crippen LogP contribution < -0.4 is 15.0 Å². The SMILES string of the molecule is COc1ccc([C@H]2[C@H](CO)OCCN2C(=O)Cn2ccccc2=O)cc1OC. The van der Waals surface area contributed by atoms with Gasteiger partial charge in [-0.1, -0.05) is 12.1 Å². The van der Waals surface area contributed by atoms with Crippen LogP contribution in [0.25, 0.3) is 0 Å². The smallest absolute Gasteiger partial charge is 0.250 e. The normalized spacial score (nSPS) is 19.3. The number of morpholine rings is 1. The molecule has 1 saturated heterocycles. The Kier molecular flexibility index (Phi) is 6.33. The van der Waals surface area contributed by atoms with Gasteiger partial charge in [0.1, 0.15) is 12.6 Å². The summed E-state index contributed by atoms with van der Waals surface area (Å²) in [4.78, 5) is 26.6. The molecule has 3 rings (SSSR count). The summed E-state index contributed by atoms with van der Waals surface area (Å²) in [6.45, 7) is 0.343. The number of aliphatic hydroxyl groups is 1. The van der Waals surface area contributed by atoms with Gasteiger partial charge in [0, 0.05) is 18.8 Å². The number of ether oxygens (including phenoxy) is 3. The molecule has 0 aliphatic carbocycles. The molecule has 150 valence electrons. The largest absolute Gasteiger partial charge is 0.493 e. The summed E-state index contributed by atoms with van der Waals surface area (Å²) < 4.78 is 17.7. The minimum atomic E-state index is -0.580. The van der Waals surface area contributed by atoms with Gasteiger partial charge in [0.05, 0.1) is 33.5 Å². The summed E-state index contributed by atoms with van der Waals surface area (Å²) in [5, 5.41) is 9.81. The van der Waals surface area contributed by atoms with Crippen molar-refractivity contribution in [1.29, 1.82) is 0 Å². The first-order chi connectivity index (χ1) is 13.6. The first-order valence-electron chi connectivity index (χ1n) is 8.98. The Morgan fingerprint density at radius 1 is 1.21 bits per heavy atom. The zero-order valence-electron chi connectivity index (χ0n) is 15.9. The van der Waals surface area contributed by atoms with Gasteiger partial charge >= 0.3 is 0 Å². The van der Waals surface area contributed by atoms with Gasteiger partial charge in [0.25, 0.3) is 5.56 Å². The van der Waals surface area contributed by atoms with Crippen molar-refractivity contribution in [3.8, 4) is 11.5 Å². The molecule has 0 radical (unpaired) electrons. The summed E-state index contributed by atoms with van der Waals surface area (Å²) in [6.07, 6.45) is 0.999. The lowest BCUT2D eigenvalue weighted by Gasteiger charge is -2.41. The Balaban J connectivity index is 1.93. The predicted molar refractivity (Wildman–Crippen MR) is 102 cm³/mol. The fraction of sp³-hybridized carbons (Fsp3) is 0.400. The number of hydrogen-bond acceptors (Lipinski definition) is 6. The summed E-state index contributed by atoms with van der Waals surface area (Å²) in [5.74, 6) is 0.862. The number of methoxy groups -OCH3 is 2. The fourth-order valence-corrected chi connectivity index (χ4v) is 3.42. The number of hydrogen-bond donors (Lipinski definition) is 1. The van der Waals surface area contributed by atoms with E-state index in [1.54, 1.807) is 42.5 Å². The molecule has 0 spiro atoms. The highest BCUT2D eigenvalue weighted by molar-refractivity contribution is 5.77. The van der Waals surface area contributed by atoms with E-state index in [-0.39, 0.29) is 24.6 Å². The van der Waals surface area contributed by atoms with E-state index in [0.717, 1.165) is 5.56 Å². The number of benzene rings is 1. The molecule has 2 atom stereocenters. The van der Waals surface area contributed by atoms with Crippen LogP contribution in [0.2, 0.25) is 0 Å². The van der Waals surface area contributed by atoms with Crippen molar-refractivity contribution in [2.24, 2.45) is 0 Å². The average Bonchev–Trinajstić information content (AvgIpc) is 2.74. The number of carbonyl (C=O) groups is 1. The van der Waals surface area contributed by atoms with Crippen molar-refractivity contribution in [1.82, 2.24) is 9.47 Å². The number of aliphatic hydroxyl groups excluding tert-OH is 1. The summed E-state index contributed by atoms with van der Waals surface area (Å²) in [5.41, 5.74) is 0.510. The molecule has 8 heteroatoms. The number of carbonyl (C=O) groups excluding carboxylic acids is 1. The van der Waals surface area contributed by atoms with E-state index in [0.29, 0.717) is 24.7 Å². The van der Waals surface area contributed by atoms with Gasteiger partial charge in [-0.05, 0) is 23.8 Å². The van der Waals surface area contributed by atoms with Crippen molar-refractivity contribution in [2.45, 2.75) is 18.7 Å². The summed E-state index contributed by atoms with van der Waals surface area (Å²) in [7, 11) is 3.08. The van der Waals surface area contributed by atoms with E-state index in [1.807, 2.05) is 6.07 Å².